The summed E-state index contributed by atoms with van der Waals surface area (Å²) in [6.45, 7) is 6.54. The maximum atomic E-state index is 10.7. The molecule has 0 saturated heterocycles. The summed E-state index contributed by atoms with van der Waals surface area (Å²) in [6.07, 6.45) is 2.35. The molecule has 2 nitrogen and oxygen atoms in total. The monoisotopic (exact) mass is 157 g/mol. The van der Waals surface area contributed by atoms with E-state index in [1.165, 1.54) is 12.8 Å². The quantitative estimate of drug-likeness (QED) is 0.605. The molecular formula is C9H19NO. The summed E-state index contributed by atoms with van der Waals surface area (Å²) in [7, 11) is 2.00. The van der Waals surface area contributed by atoms with Crippen LogP contribution in [0.1, 0.15) is 33.6 Å². The van der Waals surface area contributed by atoms with Gasteiger partial charge in [-0.3, -0.25) is 9.69 Å². The van der Waals surface area contributed by atoms with Gasteiger partial charge in [-0.25, -0.2) is 0 Å². The van der Waals surface area contributed by atoms with Gasteiger partial charge < -0.3 is 0 Å². The molecule has 0 aromatic carbocycles. The Hall–Kier alpha value is -0.370. The molecule has 0 aliphatic rings. The van der Waals surface area contributed by atoms with Crippen LogP contribution >= 0.6 is 0 Å². The van der Waals surface area contributed by atoms with Crippen LogP contribution in [0.3, 0.4) is 0 Å². The van der Waals surface area contributed by atoms with Gasteiger partial charge in [-0.2, -0.15) is 0 Å². The van der Waals surface area contributed by atoms with Gasteiger partial charge in [0.1, 0.15) is 5.78 Å². The average Bonchev–Trinajstić information content (AvgIpc) is 1.86. The summed E-state index contributed by atoms with van der Waals surface area (Å²) < 4.78 is 0. The van der Waals surface area contributed by atoms with E-state index < -0.39 is 0 Å². The van der Waals surface area contributed by atoms with Gasteiger partial charge in [-0.05, 0) is 27.3 Å². The summed E-state index contributed by atoms with van der Waals surface area (Å²) in [5.41, 5.74) is 0. The molecule has 0 saturated carbocycles. The van der Waals surface area contributed by atoms with Crippen molar-refractivity contribution in [2.24, 2.45) is 0 Å². The second-order valence-electron chi connectivity index (χ2n) is 3.25. The fourth-order valence-corrected chi connectivity index (χ4v) is 1.15. The molecule has 1 atom stereocenters. The molecule has 0 aromatic heterocycles. The molecule has 0 radical (unpaired) electrons. The van der Waals surface area contributed by atoms with Crippen molar-refractivity contribution in [3.8, 4) is 0 Å². The van der Waals surface area contributed by atoms with Gasteiger partial charge in [-0.1, -0.05) is 13.3 Å². The molecule has 0 spiro atoms. The molecule has 2 heteroatoms. The maximum absolute atomic E-state index is 10.7. The van der Waals surface area contributed by atoms with E-state index in [2.05, 4.69) is 18.7 Å². The van der Waals surface area contributed by atoms with Crippen LogP contribution in [-0.4, -0.2) is 30.3 Å². The number of carbonyl (C=O) groups is 1. The van der Waals surface area contributed by atoms with Gasteiger partial charge in [0, 0.05) is 6.04 Å². The number of nitrogens with zero attached hydrogens (tertiary/aromatic N) is 1. The first-order valence-corrected chi connectivity index (χ1v) is 4.27. The van der Waals surface area contributed by atoms with E-state index >= 15 is 0 Å². The number of ketones is 1. The van der Waals surface area contributed by atoms with Crippen LogP contribution in [0, 0.1) is 0 Å². The molecule has 0 fully saturated rings. The lowest BCUT2D eigenvalue weighted by atomic mass is 10.2. The van der Waals surface area contributed by atoms with E-state index in [1.54, 1.807) is 6.92 Å². The van der Waals surface area contributed by atoms with Crippen LogP contribution in [0.2, 0.25) is 0 Å². The smallest absolute Gasteiger partial charge is 0.143 e. The molecule has 0 N–H and O–H groups in total. The molecule has 0 heterocycles. The van der Waals surface area contributed by atoms with Crippen LogP contribution in [-0.2, 0) is 4.79 Å². The zero-order valence-electron chi connectivity index (χ0n) is 8.05. The minimum atomic E-state index is 0.246. The number of Topliss-reactive ketones (excluding diaryl/α,β-unsaturated/α-hetero) is 1. The fourth-order valence-electron chi connectivity index (χ4n) is 1.15. The standard InChI is InChI=1S/C9H19NO/c1-5-6-8(2)10(4)7-9(3)11/h8H,5-7H2,1-4H3/t8-/m0/s1. The third kappa shape index (κ3) is 4.96. The van der Waals surface area contributed by atoms with Crippen LogP contribution < -0.4 is 0 Å². The number of hydrogen-bond donors (Lipinski definition) is 0. The molecule has 11 heavy (non-hydrogen) atoms. The first-order valence-electron chi connectivity index (χ1n) is 4.27. The lowest BCUT2D eigenvalue weighted by molar-refractivity contribution is -0.118. The van der Waals surface area contributed by atoms with Gasteiger partial charge >= 0.3 is 0 Å². The molecule has 0 aromatic rings. The topological polar surface area (TPSA) is 20.3 Å². The number of rotatable bonds is 5. The van der Waals surface area contributed by atoms with Crippen molar-refractivity contribution in [2.75, 3.05) is 13.6 Å². The molecule has 0 aliphatic carbocycles. The first kappa shape index (κ1) is 10.6. The van der Waals surface area contributed by atoms with Crippen LogP contribution in [0.4, 0.5) is 0 Å². The number of carbonyl (C=O) groups excluding carboxylic acids is 1. The third-order valence-electron chi connectivity index (χ3n) is 1.93. The number of likely N-dealkylation sites (N-methyl/N-ethyl adjacent to an activating group) is 1. The van der Waals surface area contributed by atoms with Gasteiger partial charge in [0.25, 0.3) is 0 Å². The normalized spacial score (nSPS) is 13.5. The minimum Gasteiger partial charge on any atom is -0.299 e. The second-order valence-corrected chi connectivity index (χ2v) is 3.25. The Kier molecular flexibility index (Phi) is 5.12. The molecule has 0 rings (SSSR count). The second kappa shape index (κ2) is 5.30. The summed E-state index contributed by atoms with van der Waals surface area (Å²) in [4.78, 5) is 12.8. The van der Waals surface area contributed by atoms with E-state index in [9.17, 15) is 4.79 Å². The maximum Gasteiger partial charge on any atom is 0.143 e. The Morgan fingerprint density at radius 1 is 1.55 bits per heavy atom. The van der Waals surface area contributed by atoms with E-state index in [4.69, 9.17) is 0 Å². The Bertz CT molecular complexity index is 123. The van der Waals surface area contributed by atoms with Gasteiger partial charge in [0.15, 0.2) is 0 Å². The third-order valence-corrected chi connectivity index (χ3v) is 1.93. The highest BCUT2D eigenvalue weighted by Crippen LogP contribution is 2.02. The van der Waals surface area contributed by atoms with Crippen molar-refractivity contribution >= 4 is 5.78 Å². The van der Waals surface area contributed by atoms with Crippen molar-refractivity contribution in [3.05, 3.63) is 0 Å². The Labute approximate surface area is 69.6 Å². The lowest BCUT2D eigenvalue weighted by Crippen LogP contribution is -2.32. The van der Waals surface area contributed by atoms with Gasteiger partial charge in [0.05, 0.1) is 6.54 Å². The Morgan fingerprint density at radius 3 is 2.45 bits per heavy atom. The molecular weight excluding hydrogens is 138 g/mol. The van der Waals surface area contributed by atoms with Gasteiger partial charge in [-0.15, -0.1) is 0 Å². The highest BCUT2D eigenvalue weighted by Gasteiger charge is 2.08. The van der Waals surface area contributed by atoms with Crippen molar-refractivity contribution < 1.29 is 4.79 Å². The average molecular weight is 157 g/mol. The molecule has 0 bridgehead atoms. The van der Waals surface area contributed by atoms with Gasteiger partial charge in [0.2, 0.25) is 0 Å². The molecule has 66 valence electrons. The molecule has 0 amide bonds. The van der Waals surface area contributed by atoms with Crippen molar-refractivity contribution in [2.45, 2.75) is 39.7 Å². The molecule has 0 unspecified atom stereocenters. The van der Waals surface area contributed by atoms with Crippen molar-refractivity contribution in [1.29, 1.82) is 0 Å². The summed E-state index contributed by atoms with van der Waals surface area (Å²) in [5.74, 6) is 0.246. The highest BCUT2D eigenvalue weighted by molar-refractivity contribution is 5.77. The van der Waals surface area contributed by atoms with Crippen molar-refractivity contribution in [1.82, 2.24) is 4.90 Å². The lowest BCUT2D eigenvalue weighted by Gasteiger charge is -2.22. The summed E-state index contributed by atoms with van der Waals surface area (Å²) in [5, 5.41) is 0. The predicted molar refractivity (Wildman–Crippen MR) is 47.7 cm³/mol. The van der Waals surface area contributed by atoms with Crippen molar-refractivity contribution in [3.63, 3.8) is 0 Å². The highest BCUT2D eigenvalue weighted by atomic mass is 16.1. The molecule has 0 aliphatic heterocycles. The van der Waals surface area contributed by atoms with E-state index in [-0.39, 0.29) is 5.78 Å². The zero-order chi connectivity index (χ0) is 8.85. The fraction of sp³-hybridized carbons (Fsp3) is 0.889. The largest absolute Gasteiger partial charge is 0.299 e. The van der Waals surface area contributed by atoms with E-state index in [1.807, 2.05) is 7.05 Å². The minimum absolute atomic E-state index is 0.246. The summed E-state index contributed by atoms with van der Waals surface area (Å²) >= 11 is 0. The summed E-state index contributed by atoms with van der Waals surface area (Å²) in [6, 6.07) is 0.531. The zero-order valence-corrected chi connectivity index (χ0v) is 8.05. The number of hydrogen-bond acceptors (Lipinski definition) is 2. The van der Waals surface area contributed by atoms with Crippen LogP contribution in [0.25, 0.3) is 0 Å². The SMILES string of the molecule is CCC[C@H](C)N(C)CC(C)=O. The Morgan fingerprint density at radius 2 is 2.09 bits per heavy atom. The Balaban J connectivity index is 3.63. The predicted octanol–water partition coefficient (Wildman–Crippen LogP) is 1.70. The van der Waals surface area contributed by atoms with E-state index in [0.29, 0.717) is 12.6 Å². The first-order chi connectivity index (χ1) is 5.07. The van der Waals surface area contributed by atoms with Crippen LogP contribution in [0.15, 0.2) is 0 Å². The van der Waals surface area contributed by atoms with E-state index in [0.717, 1.165) is 0 Å². The van der Waals surface area contributed by atoms with Crippen LogP contribution in [0.5, 0.6) is 0 Å².